The summed E-state index contributed by atoms with van der Waals surface area (Å²) in [5.74, 6) is -1.42. The van der Waals surface area contributed by atoms with Gasteiger partial charge in [-0.15, -0.1) is 0 Å². The molecule has 0 radical (unpaired) electrons. The third-order valence-electron chi connectivity index (χ3n) is 3.80. The Bertz CT molecular complexity index is 554. The fourth-order valence-electron chi connectivity index (χ4n) is 2.39. The van der Waals surface area contributed by atoms with E-state index >= 15 is 0 Å². The number of nitrogens with one attached hydrogen (secondary N) is 1. The summed E-state index contributed by atoms with van der Waals surface area (Å²) in [4.78, 5) is 24.0. The molecule has 1 aromatic carbocycles. The number of halogens is 2. The van der Waals surface area contributed by atoms with Crippen LogP contribution >= 0.6 is 11.6 Å². The number of carbonyl (C=O) groups is 2. The second kappa shape index (κ2) is 6.02. The lowest BCUT2D eigenvalue weighted by molar-refractivity contribution is -0.151. The summed E-state index contributed by atoms with van der Waals surface area (Å²) in [6, 6.07) is 4.24. The molecule has 4 nitrogen and oxygen atoms in total. The first-order chi connectivity index (χ1) is 9.88. The number of methoxy groups -OCH3 is 1. The van der Waals surface area contributed by atoms with Crippen molar-refractivity contribution >= 4 is 23.5 Å². The highest BCUT2D eigenvalue weighted by Crippen LogP contribution is 2.40. The Morgan fingerprint density at radius 2 is 2.14 bits per heavy atom. The van der Waals surface area contributed by atoms with Crippen LogP contribution in [0.1, 0.15) is 25.3 Å². The van der Waals surface area contributed by atoms with E-state index in [4.69, 9.17) is 16.3 Å². The first kappa shape index (κ1) is 15.8. The van der Waals surface area contributed by atoms with E-state index in [0.717, 1.165) is 12.8 Å². The zero-order valence-electron chi connectivity index (χ0n) is 11.9. The third-order valence-corrected chi connectivity index (χ3v) is 4.16. The number of carbonyl (C=O) groups excluding carboxylic acids is 2. The van der Waals surface area contributed by atoms with Crippen molar-refractivity contribution in [1.82, 2.24) is 5.32 Å². The normalized spacial score (nSPS) is 17.0. The molecular formula is C15H17ClFNO3. The summed E-state index contributed by atoms with van der Waals surface area (Å²) in [5, 5.41) is 2.86. The molecule has 1 aliphatic rings. The summed E-state index contributed by atoms with van der Waals surface area (Å²) in [7, 11) is 1.28. The van der Waals surface area contributed by atoms with Crippen LogP contribution in [0.15, 0.2) is 18.2 Å². The third kappa shape index (κ3) is 3.35. The van der Waals surface area contributed by atoms with Crippen molar-refractivity contribution in [2.75, 3.05) is 7.11 Å². The smallest absolute Gasteiger partial charge is 0.331 e. The molecule has 0 saturated heterocycles. The highest BCUT2D eigenvalue weighted by molar-refractivity contribution is 6.31. The molecule has 1 amide bonds. The fraction of sp³-hybridized carbons (Fsp3) is 0.467. The predicted molar refractivity (Wildman–Crippen MR) is 76.4 cm³/mol. The van der Waals surface area contributed by atoms with Crippen LogP contribution in [-0.4, -0.2) is 24.5 Å². The molecule has 0 heterocycles. The van der Waals surface area contributed by atoms with Crippen molar-refractivity contribution in [3.63, 3.8) is 0 Å². The van der Waals surface area contributed by atoms with Gasteiger partial charge in [-0.1, -0.05) is 17.7 Å². The molecule has 1 aliphatic carbocycles. The van der Waals surface area contributed by atoms with Crippen molar-refractivity contribution in [2.24, 2.45) is 5.92 Å². The van der Waals surface area contributed by atoms with Gasteiger partial charge in [0, 0.05) is 10.6 Å². The van der Waals surface area contributed by atoms with Gasteiger partial charge in [0.25, 0.3) is 0 Å². The fourth-order valence-corrected chi connectivity index (χ4v) is 2.62. The number of rotatable bonds is 5. The minimum atomic E-state index is -1.07. The number of ether oxygens (including phenoxy) is 1. The Kier molecular flexibility index (Phi) is 4.52. The highest BCUT2D eigenvalue weighted by atomic mass is 35.5. The molecule has 0 spiro atoms. The number of esters is 1. The maximum atomic E-state index is 13.7. The lowest BCUT2D eigenvalue weighted by Gasteiger charge is -2.28. The van der Waals surface area contributed by atoms with Crippen LogP contribution in [0, 0.1) is 11.7 Å². The van der Waals surface area contributed by atoms with Crippen LogP contribution in [0.25, 0.3) is 0 Å². The van der Waals surface area contributed by atoms with Crippen molar-refractivity contribution in [3.05, 3.63) is 34.6 Å². The Balaban J connectivity index is 2.12. The minimum Gasteiger partial charge on any atom is -0.467 e. The standard InChI is InChI=1S/C15H17ClFNO3/c1-15(9-6-7-9,14(20)21-2)18-13(19)8-10-11(16)4-3-5-12(10)17/h3-5,9H,6-8H2,1-2H3,(H,18,19)/t15-/m1/s1. The van der Waals surface area contributed by atoms with E-state index in [-0.39, 0.29) is 22.9 Å². The average molecular weight is 314 g/mol. The molecule has 1 fully saturated rings. The molecule has 0 bridgehead atoms. The second-order valence-electron chi connectivity index (χ2n) is 5.39. The predicted octanol–water partition coefficient (Wildman–Crippen LogP) is 2.48. The van der Waals surface area contributed by atoms with Crippen molar-refractivity contribution in [3.8, 4) is 0 Å². The molecule has 1 atom stereocenters. The monoisotopic (exact) mass is 313 g/mol. The molecule has 2 rings (SSSR count). The van der Waals surface area contributed by atoms with Gasteiger partial charge in [-0.25, -0.2) is 9.18 Å². The molecule has 1 saturated carbocycles. The van der Waals surface area contributed by atoms with Gasteiger partial charge in [-0.2, -0.15) is 0 Å². The molecule has 6 heteroatoms. The van der Waals surface area contributed by atoms with E-state index in [0.29, 0.717) is 0 Å². The van der Waals surface area contributed by atoms with E-state index in [1.807, 2.05) is 0 Å². The zero-order valence-corrected chi connectivity index (χ0v) is 12.7. The molecule has 0 unspecified atom stereocenters. The van der Waals surface area contributed by atoms with Crippen molar-refractivity contribution in [2.45, 2.75) is 31.7 Å². The molecule has 0 aromatic heterocycles. The van der Waals surface area contributed by atoms with E-state index in [9.17, 15) is 14.0 Å². The van der Waals surface area contributed by atoms with Gasteiger partial charge in [0.2, 0.25) is 5.91 Å². The molecule has 1 N–H and O–H groups in total. The van der Waals surface area contributed by atoms with Gasteiger partial charge < -0.3 is 10.1 Å². The van der Waals surface area contributed by atoms with E-state index in [1.54, 1.807) is 6.92 Å². The number of hydrogen-bond acceptors (Lipinski definition) is 3. The average Bonchev–Trinajstić information content (AvgIpc) is 3.26. The Morgan fingerprint density at radius 3 is 2.67 bits per heavy atom. The first-order valence-corrected chi connectivity index (χ1v) is 7.08. The topological polar surface area (TPSA) is 55.4 Å². The summed E-state index contributed by atoms with van der Waals surface area (Å²) in [5.41, 5.74) is -0.941. The molecule has 0 aliphatic heterocycles. The van der Waals surface area contributed by atoms with E-state index in [1.165, 1.54) is 25.3 Å². The van der Waals surface area contributed by atoms with Crippen LogP contribution in [0.3, 0.4) is 0 Å². The van der Waals surface area contributed by atoms with Gasteiger partial charge in [0.1, 0.15) is 11.4 Å². The maximum Gasteiger partial charge on any atom is 0.331 e. The Morgan fingerprint density at radius 1 is 1.48 bits per heavy atom. The lowest BCUT2D eigenvalue weighted by atomic mass is 9.95. The number of hydrogen-bond donors (Lipinski definition) is 1. The van der Waals surface area contributed by atoms with Crippen LogP contribution in [0.2, 0.25) is 5.02 Å². The highest BCUT2D eigenvalue weighted by Gasteiger charge is 2.49. The maximum absolute atomic E-state index is 13.7. The van der Waals surface area contributed by atoms with E-state index < -0.39 is 23.2 Å². The molecule has 114 valence electrons. The summed E-state index contributed by atoms with van der Waals surface area (Å²) in [6.45, 7) is 1.64. The first-order valence-electron chi connectivity index (χ1n) is 6.70. The number of benzene rings is 1. The van der Waals surface area contributed by atoms with Crippen LogP contribution < -0.4 is 5.32 Å². The van der Waals surface area contributed by atoms with Crippen molar-refractivity contribution in [1.29, 1.82) is 0 Å². The summed E-state index contributed by atoms with van der Waals surface area (Å²) >= 11 is 5.90. The van der Waals surface area contributed by atoms with Crippen molar-refractivity contribution < 1.29 is 18.7 Å². The van der Waals surface area contributed by atoms with Gasteiger partial charge in [0.05, 0.1) is 13.5 Å². The lowest BCUT2D eigenvalue weighted by Crippen LogP contribution is -2.55. The quantitative estimate of drug-likeness (QED) is 0.850. The SMILES string of the molecule is COC(=O)[C@](C)(NC(=O)Cc1c(F)cccc1Cl)C1CC1. The van der Waals surface area contributed by atoms with Gasteiger partial charge >= 0.3 is 5.97 Å². The second-order valence-corrected chi connectivity index (χ2v) is 5.80. The molecule has 21 heavy (non-hydrogen) atoms. The van der Waals surface area contributed by atoms with Crippen LogP contribution in [-0.2, 0) is 20.7 Å². The Hall–Kier alpha value is -1.62. The summed E-state index contributed by atoms with van der Waals surface area (Å²) in [6.07, 6.45) is 1.49. The van der Waals surface area contributed by atoms with Gasteiger partial charge in [-0.3, -0.25) is 4.79 Å². The van der Waals surface area contributed by atoms with Crippen LogP contribution in [0.5, 0.6) is 0 Å². The van der Waals surface area contributed by atoms with Gasteiger partial charge in [-0.05, 0) is 37.8 Å². The number of amides is 1. The largest absolute Gasteiger partial charge is 0.467 e. The summed E-state index contributed by atoms with van der Waals surface area (Å²) < 4.78 is 18.4. The van der Waals surface area contributed by atoms with E-state index in [2.05, 4.69) is 5.32 Å². The van der Waals surface area contributed by atoms with Gasteiger partial charge in [0.15, 0.2) is 0 Å². The minimum absolute atomic E-state index is 0.0602. The molecular weight excluding hydrogens is 297 g/mol. The molecule has 1 aromatic rings. The zero-order chi connectivity index (χ0) is 15.6. The van der Waals surface area contributed by atoms with Crippen LogP contribution in [0.4, 0.5) is 4.39 Å². The Labute approximate surface area is 127 Å².